The summed E-state index contributed by atoms with van der Waals surface area (Å²) >= 11 is 0. The molecule has 0 radical (unpaired) electrons. The molecule has 3 heterocycles. The molecule has 2 saturated heterocycles. The van der Waals surface area contributed by atoms with E-state index in [4.69, 9.17) is 0 Å². The van der Waals surface area contributed by atoms with Crippen molar-refractivity contribution in [2.24, 2.45) is 0 Å². The number of hydrogen-bond donors (Lipinski definition) is 0. The second-order valence-electron chi connectivity index (χ2n) is 9.63. The minimum Gasteiger partial charge on any atom is -0.331 e. The van der Waals surface area contributed by atoms with Crippen molar-refractivity contribution in [3.05, 3.63) is 89.9 Å². The van der Waals surface area contributed by atoms with Crippen LogP contribution < -0.4 is 4.90 Å². The average molecular weight is 538 g/mol. The van der Waals surface area contributed by atoms with Crippen LogP contribution in [0.2, 0.25) is 0 Å². The van der Waals surface area contributed by atoms with Crippen molar-refractivity contribution < 1.29 is 27.2 Å². The lowest BCUT2D eigenvalue weighted by Gasteiger charge is -2.27. The molecule has 7 nitrogen and oxygen atoms in total. The Bertz CT molecular complexity index is 1590. The number of likely N-dealkylation sites (tertiary alicyclic amines) is 1. The Hall–Kier alpha value is -4.41. The number of aromatic nitrogens is 2. The number of amides is 3. The monoisotopic (exact) mass is 537 g/mol. The second kappa shape index (κ2) is 9.72. The Morgan fingerprint density at radius 3 is 2.56 bits per heavy atom. The molecular formula is C28H23F4N5O2. The third-order valence-corrected chi connectivity index (χ3v) is 7.27. The van der Waals surface area contributed by atoms with Crippen molar-refractivity contribution in [2.45, 2.75) is 18.6 Å². The summed E-state index contributed by atoms with van der Waals surface area (Å²) in [6.45, 7) is -0.0855. The molecule has 39 heavy (non-hydrogen) atoms. The van der Waals surface area contributed by atoms with Gasteiger partial charge in [-0.15, -0.1) is 0 Å². The lowest BCUT2D eigenvalue weighted by atomic mass is 10.0. The Morgan fingerprint density at radius 1 is 0.949 bits per heavy atom. The summed E-state index contributed by atoms with van der Waals surface area (Å²) in [6, 6.07) is 13.0. The van der Waals surface area contributed by atoms with Gasteiger partial charge in [-0.1, -0.05) is 18.2 Å². The number of fused-ring (bicyclic) bond motifs is 1. The van der Waals surface area contributed by atoms with Gasteiger partial charge in [-0.25, -0.2) is 27.0 Å². The number of halogens is 4. The molecule has 0 spiro atoms. The summed E-state index contributed by atoms with van der Waals surface area (Å²) in [5.41, 5.74) is 1.34. The van der Waals surface area contributed by atoms with Crippen LogP contribution in [-0.4, -0.2) is 63.9 Å². The molecule has 3 aromatic carbocycles. The van der Waals surface area contributed by atoms with Gasteiger partial charge in [0, 0.05) is 30.5 Å². The molecule has 0 aliphatic carbocycles. The number of rotatable bonds is 5. The maximum absolute atomic E-state index is 14.4. The summed E-state index contributed by atoms with van der Waals surface area (Å²) in [5.74, 6) is -2.40. The number of urea groups is 1. The molecule has 0 saturated carbocycles. The van der Waals surface area contributed by atoms with Gasteiger partial charge in [-0.05, 0) is 42.5 Å². The highest BCUT2D eigenvalue weighted by Gasteiger charge is 2.40. The molecule has 2 aliphatic heterocycles. The molecule has 6 rings (SSSR count). The SMILES string of the molecule is O=C1N(CC(=O)N2C[C@@H](F)C[C@@H]2c2cc(F)ccc2F)CCN1c1cccc2c1cnn2-c1ccccc1F. The first-order valence-electron chi connectivity index (χ1n) is 12.5. The lowest BCUT2D eigenvalue weighted by Crippen LogP contribution is -2.42. The molecule has 200 valence electrons. The summed E-state index contributed by atoms with van der Waals surface area (Å²) in [5, 5.41) is 4.96. The first-order valence-corrected chi connectivity index (χ1v) is 12.5. The van der Waals surface area contributed by atoms with E-state index in [1.807, 2.05) is 0 Å². The van der Waals surface area contributed by atoms with Crippen molar-refractivity contribution in [1.82, 2.24) is 19.6 Å². The largest absolute Gasteiger partial charge is 0.331 e. The van der Waals surface area contributed by atoms with E-state index >= 15 is 0 Å². The van der Waals surface area contributed by atoms with E-state index in [1.54, 1.807) is 42.6 Å². The minimum absolute atomic E-state index is 0.0867. The van der Waals surface area contributed by atoms with E-state index in [1.165, 1.54) is 25.4 Å². The van der Waals surface area contributed by atoms with Crippen molar-refractivity contribution in [2.75, 3.05) is 31.1 Å². The summed E-state index contributed by atoms with van der Waals surface area (Å²) in [7, 11) is 0. The first kappa shape index (κ1) is 24.9. The third kappa shape index (κ3) is 4.37. The zero-order chi connectivity index (χ0) is 27.3. The number of para-hydroxylation sites is 1. The van der Waals surface area contributed by atoms with Crippen LogP contribution in [0, 0.1) is 17.5 Å². The zero-order valence-corrected chi connectivity index (χ0v) is 20.6. The van der Waals surface area contributed by atoms with Crippen molar-refractivity contribution in [1.29, 1.82) is 0 Å². The van der Waals surface area contributed by atoms with E-state index in [-0.39, 0.29) is 43.9 Å². The lowest BCUT2D eigenvalue weighted by molar-refractivity contribution is -0.132. The Labute approximate surface area is 220 Å². The number of nitrogens with zero attached hydrogens (tertiary/aromatic N) is 5. The van der Waals surface area contributed by atoms with Gasteiger partial charge in [0.05, 0.1) is 30.0 Å². The molecule has 3 amide bonds. The van der Waals surface area contributed by atoms with Crippen LogP contribution in [0.3, 0.4) is 0 Å². The molecule has 4 aromatic rings. The van der Waals surface area contributed by atoms with Gasteiger partial charge >= 0.3 is 6.03 Å². The van der Waals surface area contributed by atoms with Gasteiger partial charge in [0.2, 0.25) is 5.91 Å². The molecule has 1 aromatic heterocycles. The highest BCUT2D eigenvalue weighted by atomic mass is 19.1. The average Bonchev–Trinajstić information content (AvgIpc) is 3.63. The van der Waals surface area contributed by atoms with Crippen LogP contribution >= 0.6 is 0 Å². The fourth-order valence-corrected chi connectivity index (χ4v) is 5.42. The number of carbonyl (C=O) groups excluding carboxylic acids is 2. The molecule has 2 aliphatic rings. The number of carbonyl (C=O) groups is 2. The van der Waals surface area contributed by atoms with Crippen LogP contribution in [0.15, 0.2) is 66.9 Å². The van der Waals surface area contributed by atoms with Gasteiger partial charge < -0.3 is 9.80 Å². The number of hydrogen-bond acceptors (Lipinski definition) is 3. The molecule has 2 atom stereocenters. The van der Waals surface area contributed by atoms with E-state index < -0.39 is 41.6 Å². The highest BCUT2D eigenvalue weighted by Crippen LogP contribution is 2.36. The minimum atomic E-state index is -1.39. The topological polar surface area (TPSA) is 61.7 Å². The van der Waals surface area contributed by atoms with Gasteiger partial charge in [0.25, 0.3) is 0 Å². The number of anilines is 1. The zero-order valence-electron chi connectivity index (χ0n) is 20.6. The van der Waals surface area contributed by atoms with E-state index in [9.17, 15) is 27.2 Å². The van der Waals surface area contributed by atoms with Gasteiger partial charge in [-0.3, -0.25) is 9.69 Å². The van der Waals surface area contributed by atoms with Crippen LogP contribution in [0.1, 0.15) is 18.0 Å². The van der Waals surface area contributed by atoms with Gasteiger partial charge in [0.15, 0.2) is 0 Å². The highest BCUT2D eigenvalue weighted by molar-refractivity contribution is 6.04. The standard InChI is InChI=1S/C28H23F4N5O2/c29-17-8-9-21(31)19(12-17)26-13-18(30)15-36(26)27(38)16-34-10-11-35(28(34)39)23-6-3-7-24-20(23)14-33-37(24)25-5-2-1-4-22(25)32/h1-9,12,14,18,26H,10-11,13,15-16H2/t18-,26+/m0/s1. The first-order chi connectivity index (χ1) is 18.8. The molecule has 0 bridgehead atoms. The van der Waals surface area contributed by atoms with Crippen LogP contribution in [-0.2, 0) is 4.79 Å². The quantitative estimate of drug-likeness (QED) is 0.337. The maximum Gasteiger partial charge on any atom is 0.325 e. The fourth-order valence-electron chi connectivity index (χ4n) is 5.42. The predicted octanol–water partition coefficient (Wildman–Crippen LogP) is 5.00. The molecule has 0 unspecified atom stereocenters. The summed E-state index contributed by atoms with van der Waals surface area (Å²) in [4.78, 5) is 30.6. The molecule has 11 heteroatoms. The Balaban J connectivity index is 1.22. The van der Waals surface area contributed by atoms with Gasteiger partial charge in [0.1, 0.15) is 35.9 Å². The Morgan fingerprint density at radius 2 is 1.74 bits per heavy atom. The van der Waals surface area contributed by atoms with Crippen molar-refractivity contribution >= 4 is 28.5 Å². The van der Waals surface area contributed by atoms with Crippen LogP contribution in [0.4, 0.5) is 28.0 Å². The Kier molecular flexibility index (Phi) is 6.20. The van der Waals surface area contributed by atoms with Crippen LogP contribution in [0.5, 0.6) is 0 Å². The molecule has 0 N–H and O–H groups in total. The summed E-state index contributed by atoms with van der Waals surface area (Å²) in [6.07, 6.45) is 0.0123. The maximum atomic E-state index is 14.4. The molecule has 2 fully saturated rings. The van der Waals surface area contributed by atoms with E-state index in [0.29, 0.717) is 16.6 Å². The third-order valence-electron chi connectivity index (χ3n) is 7.27. The number of alkyl halides is 1. The normalized spacial score (nSPS) is 19.5. The fraction of sp³-hybridized carbons (Fsp3) is 0.250. The number of benzene rings is 3. The predicted molar refractivity (Wildman–Crippen MR) is 136 cm³/mol. The van der Waals surface area contributed by atoms with E-state index in [0.717, 1.165) is 18.2 Å². The van der Waals surface area contributed by atoms with Crippen molar-refractivity contribution in [3.8, 4) is 5.69 Å². The molecular weight excluding hydrogens is 514 g/mol. The van der Waals surface area contributed by atoms with Crippen molar-refractivity contribution in [3.63, 3.8) is 0 Å². The smallest absolute Gasteiger partial charge is 0.325 e. The second-order valence-corrected chi connectivity index (χ2v) is 9.63. The summed E-state index contributed by atoms with van der Waals surface area (Å²) < 4.78 is 58.4. The van der Waals surface area contributed by atoms with E-state index in [2.05, 4.69) is 5.10 Å². The van der Waals surface area contributed by atoms with Crippen LogP contribution in [0.25, 0.3) is 16.6 Å². The van der Waals surface area contributed by atoms with Gasteiger partial charge in [-0.2, -0.15) is 5.10 Å².